The first kappa shape index (κ1) is 21.8. The molecule has 1 saturated heterocycles. The quantitative estimate of drug-likeness (QED) is 0.430. The van der Waals surface area contributed by atoms with Crippen molar-refractivity contribution >= 4 is 29.1 Å². The number of carbonyl (C=O) groups is 2. The fourth-order valence-electron chi connectivity index (χ4n) is 3.41. The third-order valence-corrected chi connectivity index (χ3v) is 5.21. The van der Waals surface area contributed by atoms with Crippen LogP contribution in [0.1, 0.15) is 17.2 Å². The van der Waals surface area contributed by atoms with Gasteiger partial charge in [-0.3, -0.25) is 9.59 Å². The fraction of sp³-hybridized carbons (Fsp3) is 0.273. The zero-order chi connectivity index (χ0) is 22.0. The van der Waals surface area contributed by atoms with Crippen LogP contribution in [0.3, 0.4) is 0 Å². The molecule has 0 unspecified atom stereocenters. The van der Waals surface area contributed by atoms with E-state index in [-0.39, 0.29) is 28.5 Å². The van der Waals surface area contributed by atoms with E-state index in [1.54, 1.807) is 12.1 Å². The molecule has 2 aromatic rings. The van der Waals surface area contributed by atoms with Gasteiger partial charge in [-0.2, -0.15) is 0 Å². The van der Waals surface area contributed by atoms with Crippen molar-refractivity contribution in [3.63, 3.8) is 0 Å². The number of ether oxygens (including phenoxy) is 1. The van der Waals surface area contributed by atoms with Crippen molar-refractivity contribution in [3.8, 4) is 5.75 Å². The monoisotopic (exact) mass is 432 g/mol. The van der Waals surface area contributed by atoms with Crippen molar-refractivity contribution < 1.29 is 23.8 Å². The Hall–Kier alpha value is -2.90. The summed E-state index contributed by atoms with van der Waals surface area (Å²) >= 11 is 6.16. The van der Waals surface area contributed by atoms with Crippen molar-refractivity contribution in [1.82, 2.24) is 9.80 Å². The second-order valence-electron chi connectivity index (χ2n) is 7.20. The molecule has 0 aromatic heterocycles. The molecule has 0 aliphatic carbocycles. The summed E-state index contributed by atoms with van der Waals surface area (Å²) in [6.45, 7) is 0.728. The predicted molar refractivity (Wildman–Crippen MR) is 112 cm³/mol. The molecule has 3 rings (SSSR count). The highest BCUT2D eigenvalue weighted by atomic mass is 35.5. The van der Waals surface area contributed by atoms with Crippen LogP contribution in [0.4, 0.5) is 4.39 Å². The minimum absolute atomic E-state index is 0.106. The number of aliphatic hydroxyl groups excluding tert-OH is 1. The van der Waals surface area contributed by atoms with E-state index in [2.05, 4.69) is 0 Å². The van der Waals surface area contributed by atoms with Crippen LogP contribution in [-0.2, 0) is 9.59 Å². The van der Waals surface area contributed by atoms with Crippen LogP contribution < -0.4 is 4.74 Å². The first-order valence-electron chi connectivity index (χ1n) is 9.27. The number of carbonyl (C=O) groups excluding carboxylic acids is 2. The first-order valence-corrected chi connectivity index (χ1v) is 9.65. The molecule has 1 atom stereocenters. The van der Waals surface area contributed by atoms with Crippen molar-refractivity contribution in [3.05, 3.63) is 70.0 Å². The summed E-state index contributed by atoms with van der Waals surface area (Å²) in [4.78, 5) is 28.9. The van der Waals surface area contributed by atoms with Crippen LogP contribution in [0.2, 0.25) is 5.02 Å². The summed E-state index contributed by atoms with van der Waals surface area (Å²) in [7, 11) is 5.14. The molecule has 1 fully saturated rings. The lowest BCUT2D eigenvalue weighted by atomic mass is 9.95. The highest BCUT2D eigenvalue weighted by molar-refractivity contribution is 6.46. The van der Waals surface area contributed by atoms with E-state index in [1.807, 2.05) is 19.0 Å². The second-order valence-corrected chi connectivity index (χ2v) is 7.61. The molecule has 1 aliphatic heterocycles. The molecule has 1 amide bonds. The van der Waals surface area contributed by atoms with E-state index < -0.39 is 23.5 Å². The largest absolute Gasteiger partial charge is 0.507 e. The number of hydrogen-bond acceptors (Lipinski definition) is 5. The Balaban J connectivity index is 2.16. The normalized spacial score (nSPS) is 18.3. The molecule has 0 radical (unpaired) electrons. The Morgan fingerprint density at radius 2 is 1.97 bits per heavy atom. The smallest absolute Gasteiger partial charge is 0.295 e. The summed E-state index contributed by atoms with van der Waals surface area (Å²) in [6.07, 6.45) is 0. The molecule has 0 spiro atoms. The Kier molecular flexibility index (Phi) is 6.43. The Morgan fingerprint density at radius 1 is 1.23 bits per heavy atom. The zero-order valence-corrected chi connectivity index (χ0v) is 17.6. The summed E-state index contributed by atoms with van der Waals surface area (Å²) in [5.74, 6) is -2.04. The predicted octanol–water partition coefficient (Wildman–Crippen LogP) is 3.47. The number of ketones is 1. The average Bonchev–Trinajstić information content (AvgIpc) is 2.96. The van der Waals surface area contributed by atoms with Gasteiger partial charge in [0.05, 0.1) is 23.7 Å². The van der Waals surface area contributed by atoms with Gasteiger partial charge in [0, 0.05) is 18.7 Å². The lowest BCUT2D eigenvalue weighted by molar-refractivity contribution is -0.140. The number of hydrogen-bond donors (Lipinski definition) is 1. The fourth-order valence-corrected chi connectivity index (χ4v) is 3.67. The highest BCUT2D eigenvalue weighted by Gasteiger charge is 2.46. The number of benzene rings is 2. The summed E-state index contributed by atoms with van der Waals surface area (Å²) in [6, 6.07) is 9.28. The molecular formula is C22H22ClFN2O4. The molecule has 6 nitrogen and oxygen atoms in total. The van der Waals surface area contributed by atoms with Gasteiger partial charge in [-0.25, -0.2) is 4.39 Å². The van der Waals surface area contributed by atoms with Crippen molar-refractivity contribution in [2.24, 2.45) is 0 Å². The minimum Gasteiger partial charge on any atom is -0.507 e. The third-order valence-electron chi connectivity index (χ3n) is 4.92. The number of aliphatic hydroxyl groups is 1. The van der Waals surface area contributed by atoms with Crippen LogP contribution in [0, 0.1) is 5.82 Å². The highest BCUT2D eigenvalue weighted by Crippen LogP contribution is 2.40. The van der Waals surface area contributed by atoms with Gasteiger partial charge in [-0.05, 0) is 50.0 Å². The van der Waals surface area contributed by atoms with E-state index in [4.69, 9.17) is 16.3 Å². The second kappa shape index (κ2) is 8.85. The molecule has 0 saturated carbocycles. The molecule has 158 valence electrons. The number of rotatable bonds is 6. The van der Waals surface area contributed by atoms with Crippen molar-refractivity contribution in [1.29, 1.82) is 0 Å². The standard InChI is InChI=1S/C22H22ClFN2O4/c1-25(2)9-10-26-19(13-5-4-6-15(24)11-13)18(21(28)22(26)29)20(27)14-7-8-17(30-3)16(23)12-14/h4-8,11-12,19,27H,9-10H2,1-3H3/t19-/m0/s1. The minimum atomic E-state index is -0.915. The molecule has 2 aromatic carbocycles. The van der Waals surface area contributed by atoms with Crippen molar-refractivity contribution in [2.75, 3.05) is 34.3 Å². The Bertz CT molecular complexity index is 1020. The maximum atomic E-state index is 13.9. The lowest BCUT2D eigenvalue weighted by Gasteiger charge is -2.26. The Morgan fingerprint density at radius 3 is 2.57 bits per heavy atom. The van der Waals surface area contributed by atoms with Gasteiger partial charge in [0.1, 0.15) is 17.3 Å². The zero-order valence-electron chi connectivity index (χ0n) is 16.9. The third kappa shape index (κ3) is 4.17. The molecule has 0 bridgehead atoms. The van der Waals surface area contributed by atoms with Gasteiger partial charge in [0.2, 0.25) is 0 Å². The molecule has 8 heteroatoms. The number of Topliss-reactive ketones (excluding diaryl/α,β-unsaturated/α-hetero) is 1. The van der Waals surface area contributed by atoms with Crippen molar-refractivity contribution in [2.45, 2.75) is 6.04 Å². The van der Waals surface area contributed by atoms with E-state index in [1.165, 1.54) is 42.3 Å². The van der Waals surface area contributed by atoms with Crippen LogP contribution in [-0.4, -0.2) is 60.9 Å². The van der Waals surface area contributed by atoms with Gasteiger partial charge < -0.3 is 19.6 Å². The average molecular weight is 433 g/mol. The van der Waals surface area contributed by atoms with E-state index in [0.29, 0.717) is 17.9 Å². The maximum Gasteiger partial charge on any atom is 0.295 e. The molecule has 30 heavy (non-hydrogen) atoms. The van der Waals surface area contributed by atoms with E-state index in [0.717, 1.165) is 0 Å². The lowest BCUT2D eigenvalue weighted by Crippen LogP contribution is -2.35. The number of amides is 1. The van der Waals surface area contributed by atoms with Crippen LogP contribution in [0.25, 0.3) is 5.76 Å². The van der Waals surface area contributed by atoms with Gasteiger partial charge in [0.25, 0.3) is 11.7 Å². The number of methoxy groups -OCH3 is 1. The van der Waals surface area contributed by atoms with Gasteiger partial charge >= 0.3 is 0 Å². The van der Waals surface area contributed by atoms with E-state index in [9.17, 15) is 19.1 Å². The first-order chi connectivity index (χ1) is 14.2. The number of likely N-dealkylation sites (tertiary alicyclic amines) is 1. The molecule has 1 aliphatic rings. The SMILES string of the molecule is COc1ccc(C(O)=C2C(=O)C(=O)N(CCN(C)C)[C@H]2c2cccc(F)c2)cc1Cl. The van der Waals surface area contributed by atoms with Gasteiger partial charge in [-0.1, -0.05) is 23.7 Å². The van der Waals surface area contributed by atoms with Crippen LogP contribution in [0.15, 0.2) is 48.0 Å². The van der Waals surface area contributed by atoms with Crippen LogP contribution in [0.5, 0.6) is 5.75 Å². The number of likely N-dealkylation sites (N-methyl/N-ethyl adjacent to an activating group) is 1. The topological polar surface area (TPSA) is 70.1 Å². The van der Waals surface area contributed by atoms with Gasteiger partial charge in [0.15, 0.2) is 0 Å². The molecular weight excluding hydrogens is 411 g/mol. The van der Waals surface area contributed by atoms with E-state index >= 15 is 0 Å². The molecule has 1 N–H and O–H groups in total. The summed E-state index contributed by atoms with van der Waals surface area (Å²) in [5.41, 5.74) is 0.549. The number of nitrogens with zero attached hydrogens (tertiary/aromatic N) is 2. The summed E-state index contributed by atoms with van der Waals surface area (Å²) < 4.78 is 19.1. The van der Waals surface area contributed by atoms with Crippen LogP contribution >= 0.6 is 11.6 Å². The Labute approximate surface area is 179 Å². The van der Waals surface area contributed by atoms with Gasteiger partial charge in [-0.15, -0.1) is 0 Å². The molecule has 1 heterocycles. The maximum absolute atomic E-state index is 13.9. The summed E-state index contributed by atoms with van der Waals surface area (Å²) in [5, 5.41) is 11.2. The number of halogens is 2.